The van der Waals surface area contributed by atoms with Gasteiger partial charge in [-0.3, -0.25) is 9.52 Å². The minimum Gasteiger partial charge on any atom is -0.490 e. The summed E-state index contributed by atoms with van der Waals surface area (Å²) < 4.78 is 32.7. The standard InChI is InChI=1S/C16H17BrN2O4S2/c1-10(2)23-13-9-11(7-8-12(13)17)16(20)19-25(22)15-6-4-3-5-14(15)24(18)21/h3-10H,18H2,1-2H3,(H,19,20). The predicted octanol–water partition coefficient (Wildman–Crippen LogP) is 2.67. The van der Waals surface area contributed by atoms with Crippen molar-refractivity contribution in [1.29, 1.82) is 0 Å². The van der Waals surface area contributed by atoms with Crippen molar-refractivity contribution in [3.63, 3.8) is 0 Å². The molecule has 0 fully saturated rings. The second kappa shape index (κ2) is 8.70. The Hall–Kier alpha value is -1.55. The van der Waals surface area contributed by atoms with E-state index in [0.717, 1.165) is 0 Å². The zero-order valence-electron chi connectivity index (χ0n) is 13.5. The van der Waals surface area contributed by atoms with Crippen LogP contribution in [-0.2, 0) is 22.0 Å². The molecule has 0 aliphatic rings. The Balaban J connectivity index is 2.23. The van der Waals surface area contributed by atoms with Gasteiger partial charge in [-0.25, -0.2) is 13.6 Å². The van der Waals surface area contributed by atoms with Gasteiger partial charge in [0.1, 0.15) is 16.7 Å². The average Bonchev–Trinajstić information content (AvgIpc) is 2.56. The monoisotopic (exact) mass is 444 g/mol. The molecule has 0 radical (unpaired) electrons. The number of nitrogens with one attached hydrogen (secondary N) is 1. The van der Waals surface area contributed by atoms with E-state index in [0.29, 0.717) is 15.8 Å². The van der Waals surface area contributed by atoms with Crippen LogP contribution in [0.2, 0.25) is 0 Å². The molecule has 2 aromatic rings. The van der Waals surface area contributed by atoms with Crippen molar-refractivity contribution < 1.29 is 17.9 Å². The zero-order valence-corrected chi connectivity index (χ0v) is 16.7. The van der Waals surface area contributed by atoms with E-state index in [1.54, 1.807) is 30.3 Å². The zero-order chi connectivity index (χ0) is 18.6. The first-order chi connectivity index (χ1) is 11.8. The van der Waals surface area contributed by atoms with Crippen molar-refractivity contribution in [1.82, 2.24) is 4.72 Å². The van der Waals surface area contributed by atoms with E-state index in [4.69, 9.17) is 9.88 Å². The first kappa shape index (κ1) is 19.8. The van der Waals surface area contributed by atoms with Gasteiger partial charge in [0.25, 0.3) is 5.91 Å². The molecule has 2 rings (SSSR count). The van der Waals surface area contributed by atoms with Gasteiger partial charge >= 0.3 is 0 Å². The minimum atomic E-state index is -1.89. The molecule has 0 heterocycles. The molecule has 25 heavy (non-hydrogen) atoms. The van der Waals surface area contributed by atoms with Gasteiger partial charge in [-0.05, 0) is 60.1 Å². The molecule has 134 valence electrons. The van der Waals surface area contributed by atoms with Crippen molar-refractivity contribution >= 4 is 43.8 Å². The van der Waals surface area contributed by atoms with E-state index < -0.39 is 27.9 Å². The van der Waals surface area contributed by atoms with E-state index in [1.165, 1.54) is 12.1 Å². The number of halogens is 1. The van der Waals surface area contributed by atoms with Crippen LogP contribution in [0.4, 0.5) is 0 Å². The first-order valence-corrected chi connectivity index (χ1v) is 10.4. The van der Waals surface area contributed by atoms with Gasteiger partial charge in [-0.1, -0.05) is 12.1 Å². The average molecular weight is 445 g/mol. The molecule has 0 aromatic heterocycles. The first-order valence-electron chi connectivity index (χ1n) is 7.23. The quantitative estimate of drug-likeness (QED) is 0.714. The van der Waals surface area contributed by atoms with Gasteiger partial charge in [-0.2, -0.15) is 0 Å². The highest BCUT2D eigenvalue weighted by atomic mass is 79.9. The van der Waals surface area contributed by atoms with E-state index >= 15 is 0 Å². The number of hydrogen-bond donors (Lipinski definition) is 2. The number of benzene rings is 2. The molecule has 9 heteroatoms. The van der Waals surface area contributed by atoms with Crippen LogP contribution >= 0.6 is 15.9 Å². The molecule has 6 nitrogen and oxygen atoms in total. The lowest BCUT2D eigenvalue weighted by atomic mass is 10.2. The molecule has 3 N–H and O–H groups in total. The molecule has 1 amide bonds. The summed E-state index contributed by atoms with van der Waals surface area (Å²) in [6.45, 7) is 3.75. The molecular weight excluding hydrogens is 428 g/mol. The lowest BCUT2D eigenvalue weighted by Gasteiger charge is -2.13. The van der Waals surface area contributed by atoms with Gasteiger partial charge in [-0.15, -0.1) is 0 Å². The summed E-state index contributed by atoms with van der Waals surface area (Å²) in [6.07, 6.45) is -0.0600. The summed E-state index contributed by atoms with van der Waals surface area (Å²) in [4.78, 5) is 12.8. The van der Waals surface area contributed by atoms with E-state index in [2.05, 4.69) is 20.7 Å². The Morgan fingerprint density at radius 3 is 2.40 bits per heavy atom. The summed E-state index contributed by atoms with van der Waals surface area (Å²) in [5.41, 5.74) is 0.290. The molecular formula is C16H17BrN2O4S2. The van der Waals surface area contributed by atoms with Gasteiger partial charge < -0.3 is 4.74 Å². The van der Waals surface area contributed by atoms with Crippen LogP contribution in [0.5, 0.6) is 5.75 Å². The van der Waals surface area contributed by atoms with Crippen LogP contribution in [0, 0.1) is 0 Å². The van der Waals surface area contributed by atoms with Crippen LogP contribution in [0.1, 0.15) is 24.2 Å². The van der Waals surface area contributed by atoms with Crippen molar-refractivity contribution in [2.45, 2.75) is 29.7 Å². The van der Waals surface area contributed by atoms with Crippen LogP contribution in [0.25, 0.3) is 0 Å². The van der Waals surface area contributed by atoms with Crippen molar-refractivity contribution in [2.75, 3.05) is 0 Å². The maximum Gasteiger partial charge on any atom is 0.263 e. The van der Waals surface area contributed by atoms with Gasteiger partial charge in [0.05, 0.1) is 20.4 Å². The van der Waals surface area contributed by atoms with Gasteiger partial charge in [0.2, 0.25) is 0 Å². The molecule has 0 spiro atoms. The molecule has 0 aliphatic heterocycles. The van der Waals surface area contributed by atoms with E-state index in [1.807, 2.05) is 13.8 Å². The van der Waals surface area contributed by atoms with E-state index in [9.17, 15) is 13.2 Å². The highest BCUT2D eigenvalue weighted by Crippen LogP contribution is 2.27. The predicted molar refractivity (Wildman–Crippen MR) is 101 cm³/mol. The lowest BCUT2D eigenvalue weighted by Crippen LogP contribution is -2.27. The summed E-state index contributed by atoms with van der Waals surface area (Å²) in [6, 6.07) is 11.1. The topological polar surface area (TPSA) is 98.5 Å². The SMILES string of the molecule is CC(C)Oc1cc(C(=O)NS(=O)c2ccccc2S(N)=O)ccc1Br. The number of ether oxygens (including phenoxy) is 1. The Labute approximate surface area is 159 Å². The van der Waals surface area contributed by atoms with Crippen LogP contribution in [-0.4, -0.2) is 20.4 Å². The third kappa shape index (κ3) is 5.21. The number of rotatable bonds is 6. The van der Waals surface area contributed by atoms with E-state index in [-0.39, 0.29) is 15.9 Å². The highest BCUT2D eigenvalue weighted by molar-refractivity contribution is 9.10. The smallest absolute Gasteiger partial charge is 0.263 e. The molecule has 2 aromatic carbocycles. The second-order valence-electron chi connectivity index (χ2n) is 5.26. The lowest BCUT2D eigenvalue weighted by molar-refractivity contribution is 0.0982. The molecule has 2 atom stereocenters. The second-order valence-corrected chi connectivity index (χ2v) is 8.33. The van der Waals surface area contributed by atoms with Crippen LogP contribution < -0.4 is 14.6 Å². The van der Waals surface area contributed by atoms with Gasteiger partial charge in [0, 0.05) is 5.56 Å². The fraction of sp³-hybridized carbons (Fsp3) is 0.188. The maximum absolute atomic E-state index is 12.4. The van der Waals surface area contributed by atoms with Gasteiger partial charge in [0.15, 0.2) is 11.0 Å². The Morgan fingerprint density at radius 1 is 1.16 bits per heavy atom. The molecule has 2 unspecified atom stereocenters. The summed E-state index contributed by atoms with van der Waals surface area (Å²) in [5.74, 6) is -0.0334. The minimum absolute atomic E-state index is 0.0600. The number of hydrogen-bond acceptors (Lipinski definition) is 4. The third-order valence-electron chi connectivity index (χ3n) is 3.01. The highest BCUT2D eigenvalue weighted by Gasteiger charge is 2.17. The fourth-order valence-corrected chi connectivity index (χ4v) is 4.10. The Kier molecular flexibility index (Phi) is 6.88. The summed E-state index contributed by atoms with van der Waals surface area (Å²) in [7, 11) is -3.70. The molecule has 0 saturated carbocycles. The Bertz CT molecular complexity index is 843. The van der Waals surface area contributed by atoms with Crippen LogP contribution in [0.15, 0.2) is 56.7 Å². The molecule has 0 bridgehead atoms. The fourth-order valence-electron chi connectivity index (χ4n) is 1.96. The summed E-state index contributed by atoms with van der Waals surface area (Å²) >= 11 is 3.36. The number of carbonyl (C=O) groups excluding carboxylic acids is 1. The largest absolute Gasteiger partial charge is 0.490 e. The van der Waals surface area contributed by atoms with Crippen molar-refractivity contribution in [3.05, 3.63) is 52.5 Å². The number of nitrogens with two attached hydrogens (primary N) is 1. The third-order valence-corrected chi connectivity index (χ3v) is 5.71. The van der Waals surface area contributed by atoms with Crippen molar-refractivity contribution in [2.24, 2.45) is 5.14 Å². The summed E-state index contributed by atoms with van der Waals surface area (Å²) in [5, 5.41) is 5.38. The molecule has 0 saturated heterocycles. The van der Waals surface area contributed by atoms with Crippen molar-refractivity contribution in [3.8, 4) is 5.75 Å². The Morgan fingerprint density at radius 2 is 1.80 bits per heavy atom. The molecule has 0 aliphatic carbocycles. The maximum atomic E-state index is 12.4. The number of carbonyl (C=O) groups is 1. The number of amides is 1. The van der Waals surface area contributed by atoms with Crippen LogP contribution in [0.3, 0.4) is 0 Å². The normalized spacial score (nSPS) is 13.3.